The molecule has 1 aromatic carbocycles. The molecule has 0 bridgehead atoms. The van der Waals surface area contributed by atoms with Gasteiger partial charge < -0.3 is 5.98 Å². The molecule has 0 spiro atoms. The molecule has 1 atom stereocenters. The van der Waals surface area contributed by atoms with Gasteiger partial charge in [0.05, 0.1) is 15.9 Å². The molecular formula is C6H5N2NaO6S. The maximum atomic E-state index is 10.6. The molecule has 0 amide bonds. The Balaban J connectivity index is 0. The zero-order valence-corrected chi connectivity index (χ0v) is 10.8. The molecule has 0 aromatic heterocycles. The zero-order chi connectivity index (χ0) is 11.6. The van der Waals surface area contributed by atoms with Crippen LogP contribution in [0.3, 0.4) is 0 Å². The first-order chi connectivity index (χ1) is 6.93. The molecule has 0 radical (unpaired) electrons. The summed E-state index contributed by atoms with van der Waals surface area (Å²) in [5.74, 6) is 0. The molecule has 8 nitrogen and oxygen atoms in total. The molecule has 16 heavy (non-hydrogen) atoms. The van der Waals surface area contributed by atoms with Crippen LogP contribution in [0.5, 0.6) is 0 Å². The van der Waals surface area contributed by atoms with E-state index in [2.05, 4.69) is 0 Å². The van der Waals surface area contributed by atoms with Gasteiger partial charge in [0.2, 0.25) is 0 Å². The monoisotopic (exact) mass is 256 g/mol. The molecule has 0 saturated carbocycles. The van der Waals surface area contributed by atoms with E-state index in [4.69, 9.17) is 4.55 Å². The Kier molecular flexibility index (Phi) is 5.68. The molecule has 0 aliphatic rings. The molecule has 0 fully saturated rings. The molecule has 1 aromatic rings. The van der Waals surface area contributed by atoms with E-state index in [1.165, 1.54) is 0 Å². The maximum Gasteiger partial charge on any atom is 1.00 e. The van der Waals surface area contributed by atoms with E-state index in [1.807, 2.05) is 0 Å². The minimum atomic E-state index is -2.55. The van der Waals surface area contributed by atoms with Gasteiger partial charge in [0.15, 0.2) is 11.1 Å². The van der Waals surface area contributed by atoms with E-state index < -0.39 is 37.2 Å². The van der Waals surface area contributed by atoms with Crippen LogP contribution in [0.25, 0.3) is 0 Å². The Morgan fingerprint density at radius 1 is 1.25 bits per heavy atom. The van der Waals surface area contributed by atoms with E-state index in [0.717, 1.165) is 12.1 Å². The average molecular weight is 256 g/mol. The molecule has 0 aliphatic carbocycles. The van der Waals surface area contributed by atoms with Gasteiger partial charge in [-0.1, -0.05) is 0 Å². The van der Waals surface area contributed by atoms with Crippen molar-refractivity contribution in [3.8, 4) is 0 Å². The minimum absolute atomic E-state index is 0. The van der Waals surface area contributed by atoms with Crippen LogP contribution in [0.4, 0.5) is 11.4 Å². The molecule has 0 aliphatic heterocycles. The van der Waals surface area contributed by atoms with E-state index >= 15 is 0 Å². The Labute approximate surface area is 115 Å². The van der Waals surface area contributed by atoms with Crippen molar-refractivity contribution in [3.05, 3.63) is 38.4 Å². The van der Waals surface area contributed by atoms with Gasteiger partial charge in [0.1, 0.15) is 4.90 Å². The van der Waals surface area contributed by atoms with Crippen LogP contribution in [-0.2, 0) is 11.1 Å². The average Bonchev–Trinajstić information content (AvgIpc) is 2.16. The van der Waals surface area contributed by atoms with Crippen molar-refractivity contribution in [2.24, 2.45) is 0 Å². The Morgan fingerprint density at radius 3 is 2.19 bits per heavy atom. The fourth-order valence-corrected chi connectivity index (χ4v) is 1.41. The largest absolute Gasteiger partial charge is 1.00 e. The number of hydrogen-bond donors (Lipinski definition) is 1. The van der Waals surface area contributed by atoms with E-state index in [0.29, 0.717) is 6.07 Å². The topological polar surface area (TPSA) is 124 Å². The molecule has 1 unspecified atom stereocenters. The van der Waals surface area contributed by atoms with Crippen molar-refractivity contribution in [1.82, 2.24) is 0 Å². The van der Waals surface area contributed by atoms with Crippen molar-refractivity contribution in [1.29, 1.82) is 0 Å². The molecule has 10 heteroatoms. The number of non-ortho nitro benzene ring substituents is 1. The number of nitrogens with zero attached hydrogens (tertiary/aromatic N) is 2. The second-order valence-corrected chi connectivity index (χ2v) is 3.35. The van der Waals surface area contributed by atoms with Crippen LogP contribution >= 0.6 is 0 Å². The smallest absolute Gasteiger partial charge is 1.00 e. The van der Waals surface area contributed by atoms with Crippen molar-refractivity contribution in [2.45, 2.75) is 4.90 Å². The quantitative estimate of drug-likeness (QED) is 0.294. The second kappa shape index (κ2) is 6.01. The Hall–Kier alpha value is -0.870. The summed E-state index contributed by atoms with van der Waals surface area (Å²) in [6, 6.07) is 2.45. The summed E-state index contributed by atoms with van der Waals surface area (Å²) in [5, 5.41) is 20.7. The molecule has 1 N–H and O–H groups in total. The van der Waals surface area contributed by atoms with Gasteiger partial charge in [-0.25, -0.2) is 4.21 Å². The van der Waals surface area contributed by atoms with Gasteiger partial charge in [-0.05, 0) is 6.07 Å². The molecule has 0 heterocycles. The first kappa shape index (κ1) is 15.1. The minimum Gasteiger partial charge on any atom is -1.00 e. The standard InChI is InChI=1S/C6H4N2O6S.Na.H/c9-7(10)4-1-2-6(15(13)14)5(3-4)8(11)12;;/h1-3H,(H,13,14);;/q;+1;-1. The van der Waals surface area contributed by atoms with Crippen LogP contribution < -0.4 is 29.6 Å². The third kappa shape index (κ3) is 3.32. The van der Waals surface area contributed by atoms with Crippen molar-refractivity contribution < 1.29 is 49.6 Å². The van der Waals surface area contributed by atoms with E-state index in [-0.39, 0.29) is 31.0 Å². The van der Waals surface area contributed by atoms with E-state index in [9.17, 15) is 24.4 Å². The van der Waals surface area contributed by atoms with Crippen LogP contribution in [0.1, 0.15) is 1.43 Å². The predicted octanol–water partition coefficient (Wildman–Crippen LogP) is -1.80. The van der Waals surface area contributed by atoms with Gasteiger partial charge in [0.25, 0.3) is 11.4 Å². The Morgan fingerprint density at radius 2 is 1.81 bits per heavy atom. The van der Waals surface area contributed by atoms with E-state index in [1.54, 1.807) is 0 Å². The number of nitro benzene ring substituents is 2. The zero-order valence-electron chi connectivity index (χ0n) is 9.02. The normalized spacial score (nSPS) is 11.3. The summed E-state index contributed by atoms with van der Waals surface area (Å²) in [7, 11) is 0. The van der Waals surface area contributed by atoms with Crippen molar-refractivity contribution in [2.75, 3.05) is 0 Å². The van der Waals surface area contributed by atoms with Gasteiger partial charge >= 0.3 is 29.6 Å². The van der Waals surface area contributed by atoms with Crippen LogP contribution in [0, 0.1) is 20.2 Å². The van der Waals surface area contributed by atoms with Crippen molar-refractivity contribution in [3.63, 3.8) is 0 Å². The van der Waals surface area contributed by atoms with Gasteiger partial charge in [-0.3, -0.25) is 20.2 Å². The fraction of sp³-hybridized carbons (Fsp3) is 0. The molecule has 82 valence electrons. The number of benzene rings is 1. The number of rotatable bonds is 3. The summed E-state index contributed by atoms with van der Waals surface area (Å²) in [4.78, 5) is 18.5. The second-order valence-electron chi connectivity index (χ2n) is 2.42. The third-order valence-corrected chi connectivity index (χ3v) is 2.26. The first-order valence-electron chi connectivity index (χ1n) is 3.47. The number of hydrogen-bond acceptors (Lipinski definition) is 5. The third-order valence-electron chi connectivity index (χ3n) is 1.54. The van der Waals surface area contributed by atoms with Gasteiger partial charge in [-0.15, -0.1) is 0 Å². The summed E-state index contributed by atoms with van der Waals surface area (Å²) in [6.07, 6.45) is 0. The first-order valence-corrected chi connectivity index (χ1v) is 4.58. The molecule has 0 saturated heterocycles. The molecular weight excluding hydrogens is 251 g/mol. The summed E-state index contributed by atoms with van der Waals surface area (Å²) in [5.41, 5.74) is -1.25. The SMILES string of the molecule is O=[N+]([O-])c1ccc(S(=O)O)c([N+](=O)[O-])c1.[H-].[Na+]. The van der Waals surface area contributed by atoms with Crippen LogP contribution in [0.15, 0.2) is 23.1 Å². The summed E-state index contributed by atoms with van der Waals surface area (Å²) < 4.78 is 19.3. The Bertz CT molecular complexity index is 470. The van der Waals surface area contributed by atoms with Crippen LogP contribution in [-0.4, -0.2) is 18.6 Å². The molecule has 1 rings (SSSR count). The fourth-order valence-electron chi connectivity index (χ4n) is 0.910. The summed E-state index contributed by atoms with van der Waals surface area (Å²) >= 11 is -2.55. The summed E-state index contributed by atoms with van der Waals surface area (Å²) in [6.45, 7) is 0. The van der Waals surface area contributed by atoms with Gasteiger partial charge in [-0.2, -0.15) is 0 Å². The maximum absolute atomic E-state index is 10.6. The predicted molar refractivity (Wildman–Crippen MR) is 49.9 cm³/mol. The van der Waals surface area contributed by atoms with Gasteiger partial charge in [0, 0.05) is 6.07 Å². The number of nitro groups is 2. The van der Waals surface area contributed by atoms with Crippen molar-refractivity contribution >= 4 is 22.5 Å². The van der Waals surface area contributed by atoms with Crippen LogP contribution in [0.2, 0.25) is 0 Å².